The molecule has 134 valence electrons. The van der Waals surface area contributed by atoms with Gasteiger partial charge in [-0.3, -0.25) is 4.79 Å². The third-order valence-corrected chi connectivity index (χ3v) is 4.26. The summed E-state index contributed by atoms with van der Waals surface area (Å²) < 4.78 is 18.3. The van der Waals surface area contributed by atoms with E-state index in [-0.39, 0.29) is 22.8 Å². The van der Waals surface area contributed by atoms with E-state index in [4.69, 9.17) is 4.74 Å². The van der Waals surface area contributed by atoms with Gasteiger partial charge in [-0.1, -0.05) is 0 Å². The number of amides is 1. The zero-order chi connectivity index (χ0) is 17.8. The lowest BCUT2D eigenvalue weighted by Gasteiger charge is -2.46. The lowest BCUT2D eigenvalue weighted by molar-refractivity contribution is -0.122. The highest BCUT2D eigenvalue weighted by Gasteiger charge is 2.38. The van der Waals surface area contributed by atoms with Crippen molar-refractivity contribution in [2.24, 2.45) is 5.92 Å². The number of piperidine rings is 1. The second-order valence-electron chi connectivity index (χ2n) is 8.02. The highest BCUT2D eigenvalue weighted by atomic mass is 19.1. The van der Waals surface area contributed by atoms with Gasteiger partial charge in [0.15, 0.2) is 0 Å². The molecule has 1 aliphatic heterocycles. The number of nitrogens with one attached hydrogen (secondary N) is 2. The van der Waals surface area contributed by atoms with Crippen molar-refractivity contribution in [2.45, 2.75) is 58.0 Å². The summed E-state index contributed by atoms with van der Waals surface area (Å²) in [5.41, 5.74) is 0.108. The number of hydrogen-bond donors (Lipinski definition) is 2. The Morgan fingerprint density at radius 3 is 2.38 bits per heavy atom. The Bertz CT molecular complexity index is 539. The summed E-state index contributed by atoms with van der Waals surface area (Å²) in [5, 5.41) is 6.54. The molecule has 5 heteroatoms. The molecule has 0 spiro atoms. The zero-order valence-electron chi connectivity index (χ0n) is 15.1. The normalized spacial score (nSPS) is 19.7. The van der Waals surface area contributed by atoms with Crippen molar-refractivity contribution in [2.75, 3.05) is 13.2 Å². The minimum absolute atomic E-state index is 0.0540. The van der Waals surface area contributed by atoms with E-state index in [1.54, 1.807) is 12.1 Å². The SMILES string of the molecule is CC1(C)CC(CC(=O)NCCOc2ccc(F)cc2)CC(C)(C)N1. The quantitative estimate of drug-likeness (QED) is 0.784. The van der Waals surface area contributed by atoms with Crippen molar-refractivity contribution in [3.63, 3.8) is 0 Å². The molecule has 1 aromatic carbocycles. The number of rotatable bonds is 6. The van der Waals surface area contributed by atoms with E-state index < -0.39 is 0 Å². The summed E-state index contributed by atoms with van der Waals surface area (Å²) in [4.78, 5) is 12.2. The molecule has 0 radical (unpaired) electrons. The minimum Gasteiger partial charge on any atom is -0.492 e. The molecule has 1 fully saturated rings. The van der Waals surface area contributed by atoms with Gasteiger partial charge in [-0.15, -0.1) is 0 Å². The summed E-state index contributed by atoms with van der Waals surface area (Å²) in [7, 11) is 0. The number of hydrogen-bond acceptors (Lipinski definition) is 3. The fourth-order valence-electron chi connectivity index (χ4n) is 3.90. The molecule has 2 rings (SSSR count). The number of carbonyl (C=O) groups excluding carboxylic acids is 1. The maximum absolute atomic E-state index is 12.8. The minimum atomic E-state index is -0.288. The van der Waals surface area contributed by atoms with Gasteiger partial charge in [0.25, 0.3) is 0 Å². The van der Waals surface area contributed by atoms with Gasteiger partial charge in [0.05, 0.1) is 6.54 Å². The molecule has 24 heavy (non-hydrogen) atoms. The van der Waals surface area contributed by atoms with Gasteiger partial charge in [-0.2, -0.15) is 0 Å². The van der Waals surface area contributed by atoms with Gasteiger partial charge in [0, 0.05) is 17.5 Å². The first-order valence-corrected chi connectivity index (χ1v) is 8.60. The maximum atomic E-state index is 12.8. The predicted molar refractivity (Wildman–Crippen MR) is 93.5 cm³/mol. The molecule has 0 atom stereocenters. The van der Waals surface area contributed by atoms with Crippen molar-refractivity contribution in [1.82, 2.24) is 10.6 Å². The first kappa shape index (κ1) is 18.7. The molecule has 4 nitrogen and oxygen atoms in total. The van der Waals surface area contributed by atoms with Gasteiger partial charge >= 0.3 is 0 Å². The molecule has 1 amide bonds. The van der Waals surface area contributed by atoms with Crippen LogP contribution in [0.3, 0.4) is 0 Å². The largest absolute Gasteiger partial charge is 0.492 e. The van der Waals surface area contributed by atoms with Crippen LogP contribution >= 0.6 is 0 Å². The molecule has 0 aliphatic carbocycles. The summed E-state index contributed by atoms with van der Waals surface area (Å²) in [6.45, 7) is 9.59. The lowest BCUT2D eigenvalue weighted by Crippen LogP contribution is -2.58. The van der Waals surface area contributed by atoms with Crippen molar-refractivity contribution >= 4 is 5.91 Å². The summed E-state index contributed by atoms with van der Waals surface area (Å²) in [6.07, 6.45) is 2.54. The van der Waals surface area contributed by atoms with Crippen LogP contribution in [0, 0.1) is 11.7 Å². The van der Waals surface area contributed by atoms with Crippen LogP contribution in [0.5, 0.6) is 5.75 Å². The van der Waals surface area contributed by atoms with E-state index in [9.17, 15) is 9.18 Å². The smallest absolute Gasteiger partial charge is 0.220 e. The van der Waals surface area contributed by atoms with E-state index in [2.05, 4.69) is 38.3 Å². The average Bonchev–Trinajstić information content (AvgIpc) is 2.42. The highest BCUT2D eigenvalue weighted by molar-refractivity contribution is 5.76. The zero-order valence-corrected chi connectivity index (χ0v) is 15.1. The lowest BCUT2D eigenvalue weighted by atomic mass is 9.74. The fourth-order valence-corrected chi connectivity index (χ4v) is 3.90. The van der Waals surface area contributed by atoms with E-state index in [0.29, 0.717) is 31.2 Å². The van der Waals surface area contributed by atoms with Crippen LogP contribution < -0.4 is 15.4 Å². The van der Waals surface area contributed by atoms with Crippen LogP contribution in [-0.4, -0.2) is 30.1 Å². The van der Waals surface area contributed by atoms with Gasteiger partial charge in [0.2, 0.25) is 5.91 Å². The van der Waals surface area contributed by atoms with Crippen LogP contribution in [-0.2, 0) is 4.79 Å². The summed E-state index contributed by atoms with van der Waals surface area (Å²) >= 11 is 0. The molecule has 2 N–H and O–H groups in total. The van der Waals surface area contributed by atoms with Gasteiger partial charge in [-0.05, 0) is 70.7 Å². The Kier molecular flexibility index (Phi) is 5.86. The molecule has 1 heterocycles. The maximum Gasteiger partial charge on any atom is 0.220 e. The van der Waals surface area contributed by atoms with Crippen LogP contribution in [0.2, 0.25) is 0 Å². The molecule has 1 aromatic rings. The van der Waals surface area contributed by atoms with E-state index in [1.165, 1.54) is 12.1 Å². The standard InChI is InChI=1S/C19H29FN2O2/c1-18(2)12-14(13-19(3,4)22-18)11-17(23)21-9-10-24-16-7-5-15(20)6-8-16/h5-8,14,22H,9-13H2,1-4H3,(H,21,23). The van der Waals surface area contributed by atoms with Crippen molar-refractivity contribution in [1.29, 1.82) is 0 Å². The second kappa shape index (κ2) is 7.51. The monoisotopic (exact) mass is 336 g/mol. The first-order valence-electron chi connectivity index (χ1n) is 8.60. The van der Waals surface area contributed by atoms with Crippen LogP contribution in [0.4, 0.5) is 4.39 Å². The molecule has 0 bridgehead atoms. The first-order chi connectivity index (χ1) is 11.2. The second-order valence-corrected chi connectivity index (χ2v) is 8.02. The molecular weight excluding hydrogens is 307 g/mol. The molecule has 0 unspecified atom stereocenters. The number of carbonyl (C=O) groups is 1. The third kappa shape index (κ3) is 6.11. The molecule has 1 saturated heterocycles. The van der Waals surface area contributed by atoms with Crippen molar-refractivity contribution < 1.29 is 13.9 Å². The predicted octanol–water partition coefficient (Wildman–Crippen LogP) is 3.27. The number of halogens is 1. The topological polar surface area (TPSA) is 50.4 Å². The van der Waals surface area contributed by atoms with E-state index in [1.807, 2.05) is 0 Å². The summed E-state index contributed by atoms with van der Waals surface area (Å²) in [6, 6.07) is 5.87. The Morgan fingerprint density at radius 2 is 1.79 bits per heavy atom. The van der Waals surface area contributed by atoms with Gasteiger partial charge < -0.3 is 15.4 Å². The van der Waals surface area contributed by atoms with E-state index in [0.717, 1.165) is 12.8 Å². The Hall–Kier alpha value is -1.62. The third-order valence-electron chi connectivity index (χ3n) is 4.26. The molecule has 1 aliphatic rings. The van der Waals surface area contributed by atoms with Crippen LogP contribution in [0.15, 0.2) is 24.3 Å². The number of benzene rings is 1. The Labute approximate surface area is 144 Å². The molecule has 0 saturated carbocycles. The highest BCUT2D eigenvalue weighted by Crippen LogP contribution is 2.34. The van der Waals surface area contributed by atoms with E-state index >= 15 is 0 Å². The fraction of sp³-hybridized carbons (Fsp3) is 0.632. The Balaban J connectivity index is 1.70. The molecular formula is C19H29FN2O2. The van der Waals surface area contributed by atoms with Gasteiger partial charge in [-0.25, -0.2) is 4.39 Å². The van der Waals surface area contributed by atoms with Crippen LogP contribution in [0.1, 0.15) is 47.0 Å². The van der Waals surface area contributed by atoms with Crippen LogP contribution in [0.25, 0.3) is 0 Å². The number of ether oxygens (including phenoxy) is 1. The average molecular weight is 336 g/mol. The van der Waals surface area contributed by atoms with Crippen molar-refractivity contribution in [3.8, 4) is 5.75 Å². The van der Waals surface area contributed by atoms with Gasteiger partial charge in [0.1, 0.15) is 18.2 Å². The molecule has 0 aromatic heterocycles. The summed E-state index contributed by atoms with van der Waals surface area (Å²) in [5.74, 6) is 0.765. The van der Waals surface area contributed by atoms with Crippen molar-refractivity contribution in [3.05, 3.63) is 30.1 Å². The Morgan fingerprint density at radius 1 is 1.21 bits per heavy atom.